The van der Waals surface area contributed by atoms with Crippen LogP contribution in [0.5, 0.6) is 0 Å². The molecule has 1 aliphatic rings. The van der Waals surface area contributed by atoms with E-state index in [-0.39, 0.29) is 5.69 Å². The highest BCUT2D eigenvalue weighted by atomic mass is 16.7. The molecule has 0 spiro atoms. The fourth-order valence-electron chi connectivity index (χ4n) is 1.90. The van der Waals surface area contributed by atoms with E-state index in [2.05, 4.69) is 6.07 Å². The summed E-state index contributed by atoms with van der Waals surface area (Å²) in [7, 11) is 0. The van der Waals surface area contributed by atoms with Crippen LogP contribution in [0.1, 0.15) is 31.3 Å². The van der Waals surface area contributed by atoms with Crippen molar-refractivity contribution in [3.05, 3.63) is 39.4 Å². The molecule has 6 heteroatoms. The molecule has 1 saturated heterocycles. The number of ether oxygens (including phenoxy) is 2. The van der Waals surface area contributed by atoms with Gasteiger partial charge in [0.2, 0.25) is 0 Å². The molecule has 0 atom stereocenters. The first-order valence-electron chi connectivity index (χ1n) is 5.89. The highest BCUT2D eigenvalue weighted by Gasteiger charge is 2.30. The molecule has 1 heterocycles. The largest absolute Gasteiger partial charge is 0.346 e. The first-order valence-corrected chi connectivity index (χ1v) is 5.89. The molecular weight excluding hydrogens is 248 g/mol. The Bertz CT molecular complexity index is 542. The van der Waals surface area contributed by atoms with Crippen molar-refractivity contribution < 1.29 is 14.4 Å². The monoisotopic (exact) mass is 262 g/mol. The second-order valence-electron chi connectivity index (χ2n) is 4.84. The van der Waals surface area contributed by atoms with E-state index in [9.17, 15) is 10.1 Å². The van der Waals surface area contributed by atoms with Gasteiger partial charge in [-0.2, -0.15) is 5.26 Å². The van der Waals surface area contributed by atoms with Crippen molar-refractivity contribution in [2.24, 2.45) is 0 Å². The number of nitrogens with zero attached hydrogens (tertiary/aromatic N) is 2. The third-order valence-corrected chi connectivity index (χ3v) is 3.10. The molecule has 1 aromatic rings. The standard InChI is InChI=1S/C13H14N2O4/c1-13(2,8-14)9-3-4-11(15(16)17)10(7-9)12-18-5-6-19-12/h3-4,7,12H,5-6H2,1-2H3. The lowest BCUT2D eigenvalue weighted by Crippen LogP contribution is -2.15. The predicted molar refractivity (Wildman–Crippen MR) is 66.4 cm³/mol. The van der Waals surface area contributed by atoms with Gasteiger partial charge in [0, 0.05) is 6.07 Å². The molecule has 0 aliphatic carbocycles. The van der Waals surface area contributed by atoms with Crippen molar-refractivity contribution in [1.82, 2.24) is 0 Å². The Balaban J connectivity index is 2.50. The summed E-state index contributed by atoms with van der Waals surface area (Å²) in [6, 6.07) is 6.79. The molecule has 0 saturated carbocycles. The van der Waals surface area contributed by atoms with E-state index < -0.39 is 16.6 Å². The lowest BCUT2D eigenvalue weighted by Gasteiger charge is -2.18. The summed E-state index contributed by atoms with van der Waals surface area (Å²) in [5, 5.41) is 20.2. The van der Waals surface area contributed by atoms with E-state index in [0.717, 1.165) is 0 Å². The van der Waals surface area contributed by atoms with Crippen LogP contribution in [0.15, 0.2) is 18.2 Å². The zero-order valence-corrected chi connectivity index (χ0v) is 10.8. The van der Waals surface area contributed by atoms with E-state index in [1.807, 2.05) is 0 Å². The quantitative estimate of drug-likeness (QED) is 0.617. The predicted octanol–water partition coefficient (Wildman–Crippen LogP) is 2.44. The minimum Gasteiger partial charge on any atom is -0.346 e. The Morgan fingerprint density at radius 2 is 2.05 bits per heavy atom. The topological polar surface area (TPSA) is 85.4 Å². The van der Waals surface area contributed by atoms with Crippen LogP contribution in [0.3, 0.4) is 0 Å². The van der Waals surface area contributed by atoms with E-state index in [1.165, 1.54) is 6.07 Å². The smallest absolute Gasteiger partial charge is 0.277 e. The summed E-state index contributed by atoms with van der Waals surface area (Å²) in [5.74, 6) is 0. The van der Waals surface area contributed by atoms with Crippen LogP contribution in [0.25, 0.3) is 0 Å². The van der Waals surface area contributed by atoms with Gasteiger partial charge >= 0.3 is 0 Å². The summed E-state index contributed by atoms with van der Waals surface area (Å²) in [6.07, 6.45) is -0.727. The van der Waals surface area contributed by atoms with Gasteiger partial charge in [-0.3, -0.25) is 10.1 Å². The van der Waals surface area contributed by atoms with Crippen molar-refractivity contribution in [3.63, 3.8) is 0 Å². The lowest BCUT2D eigenvalue weighted by atomic mass is 9.85. The Labute approximate surface area is 110 Å². The highest BCUT2D eigenvalue weighted by Crippen LogP contribution is 2.34. The molecule has 1 aromatic carbocycles. The number of nitro groups is 1. The number of hydrogen-bond donors (Lipinski definition) is 0. The Kier molecular flexibility index (Phi) is 3.51. The summed E-state index contributed by atoms with van der Waals surface area (Å²) < 4.78 is 10.6. The van der Waals surface area contributed by atoms with Gasteiger partial charge in [-0.1, -0.05) is 6.07 Å². The number of hydrogen-bond acceptors (Lipinski definition) is 5. The maximum atomic E-state index is 11.0. The first kappa shape index (κ1) is 13.5. The Hall–Kier alpha value is -1.97. The number of benzene rings is 1. The van der Waals surface area contributed by atoms with Crippen molar-refractivity contribution in [1.29, 1.82) is 5.26 Å². The van der Waals surface area contributed by atoms with Crippen molar-refractivity contribution in [2.75, 3.05) is 13.2 Å². The van der Waals surface area contributed by atoms with Gasteiger partial charge in [0.1, 0.15) is 0 Å². The minimum absolute atomic E-state index is 0.0515. The maximum Gasteiger partial charge on any atom is 0.277 e. The van der Waals surface area contributed by atoms with Crippen molar-refractivity contribution in [2.45, 2.75) is 25.6 Å². The third kappa shape index (κ3) is 2.57. The SMILES string of the molecule is CC(C)(C#N)c1ccc([N+](=O)[O-])c(C2OCCO2)c1. The van der Waals surface area contributed by atoms with Crippen molar-refractivity contribution >= 4 is 5.69 Å². The van der Waals surface area contributed by atoms with Gasteiger partial charge < -0.3 is 9.47 Å². The van der Waals surface area contributed by atoms with Gasteiger partial charge in [0.15, 0.2) is 6.29 Å². The molecule has 0 aromatic heterocycles. The first-order chi connectivity index (χ1) is 8.95. The van der Waals surface area contributed by atoms with Crippen LogP contribution in [0.4, 0.5) is 5.69 Å². The van der Waals surface area contributed by atoms with Gasteiger partial charge in [-0.15, -0.1) is 0 Å². The summed E-state index contributed by atoms with van der Waals surface area (Å²) in [6.45, 7) is 4.34. The zero-order valence-electron chi connectivity index (χ0n) is 10.8. The van der Waals surface area contributed by atoms with E-state index in [4.69, 9.17) is 14.7 Å². The number of nitro benzene ring substituents is 1. The van der Waals surface area contributed by atoms with Crippen LogP contribution in [-0.2, 0) is 14.9 Å². The molecule has 0 amide bonds. The molecule has 1 aliphatic heterocycles. The summed E-state index contributed by atoms with van der Waals surface area (Å²) in [4.78, 5) is 10.6. The lowest BCUT2D eigenvalue weighted by molar-refractivity contribution is -0.386. The second-order valence-corrected chi connectivity index (χ2v) is 4.84. The highest BCUT2D eigenvalue weighted by molar-refractivity contribution is 5.47. The normalized spacial score (nSPS) is 16.3. The fourth-order valence-corrected chi connectivity index (χ4v) is 1.90. The Morgan fingerprint density at radius 3 is 2.58 bits per heavy atom. The minimum atomic E-state index is -0.727. The van der Waals surface area contributed by atoms with Crippen LogP contribution >= 0.6 is 0 Å². The zero-order chi connectivity index (χ0) is 14.0. The fraction of sp³-hybridized carbons (Fsp3) is 0.462. The average Bonchev–Trinajstić information content (AvgIpc) is 2.91. The van der Waals surface area contributed by atoms with E-state index in [0.29, 0.717) is 24.3 Å². The molecule has 6 nitrogen and oxygen atoms in total. The van der Waals surface area contributed by atoms with Gasteiger partial charge in [0.25, 0.3) is 5.69 Å². The molecule has 100 valence electrons. The molecule has 1 fully saturated rings. The molecule has 0 bridgehead atoms. The Morgan fingerprint density at radius 1 is 1.42 bits per heavy atom. The van der Waals surface area contributed by atoms with Crippen LogP contribution in [-0.4, -0.2) is 18.1 Å². The molecule has 0 N–H and O–H groups in total. The maximum absolute atomic E-state index is 11.0. The number of rotatable bonds is 3. The molecule has 19 heavy (non-hydrogen) atoms. The van der Waals surface area contributed by atoms with Crippen LogP contribution in [0.2, 0.25) is 0 Å². The van der Waals surface area contributed by atoms with Crippen LogP contribution < -0.4 is 0 Å². The molecule has 0 radical (unpaired) electrons. The van der Waals surface area contributed by atoms with Gasteiger partial charge in [-0.05, 0) is 25.5 Å². The molecule has 2 rings (SSSR count). The summed E-state index contributed by atoms with van der Waals surface area (Å²) in [5.41, 5.74) is 0.296. The molecular formula is C13H14N2O4. The summed E-state index contributed by atoms with van der Waals surface area (Å²) >= 11 is 0. The van der Waals surface area contributed by atoms with Gasteiger partial charge in [0.05, 0.1) is 35.2 Å². The van der Waals surface area contributed by atoms with Crippen molar-refractivity contribution in [3.8, 4) is 6.07 Å². The third-order valence-electron chi connectivity index (χ3n) is 3.10. The molecule has 0 unspecified atom stereocenters. The number of nitriles is 1. The second kappa shape index (κ2) is 4.96. The van der Waals surface area contributed by atoms with Gasteiger partial charge in [-0.25, -0.2) is 0 Å². The average molecular weight is 262 g/mol. The van der Waals surface area contributed by atoms with E-state index >= 15 is 0 Å². The van der Waals surface area contributed by atoms with Crippen LogP contribution in [0, 0.1) is 21.4 Å². The van der Waals surface area contributed by atoms with E-state index in [1.54, 1.807) is 26.0 Å².